The van der Waals surface area contributed by atoms with Crippen LogP contribution in [-0.2, 0) is 19.6 Å². The molecule has 0 bridgehead atoms. The Morgan fingerprint density at radius 2 is 1.58 bits per heavy atom. The molecule has 0 fully saturated rings. The standard InChI is InChI=1S/C20H23N3O7S/c1-3-29-20(26)30-17-8-4-15(5-9-17)19(25)21-12-13-22-31(27,28)18-10-6-16(7-11-18)23-14(2)24/h4-11,22H,3,12-13H2,1-2H3,(H,21,25)(H,23,24). The maximum absolute atomic E-state index is 12.3. The molecule has 2 amide bonds. The van der Waals surface area contributed by atoms with Crippen molar-refractivity contribution in [3.63, 3.8) is 0 Å². The van der Waals surface area contributed by atoms with Crippen LogP contribution in [0, 0.1) is 0 Å². The second-order valence-electron chi connectivity index (χ2n) is 6.17. The van der Waals surface area contributed by atoms with Crippen LogP contribution in [0.2, 0.25) is 0 Å². The topological polar surface area (TPSA) is 140 Å². The first-order valence-corrected chi connectivity index (χ1v) is 10.8. The summed E-state index contributed by atoms with van der Waals surface area (Å²) in [6.45, 7) is 3.23. The minimum Gasteiger partial charge on any atom is -0.434 e. The number of benzene rings is 2. The molecular weight excluding hydrogens is 426 g/mol. The lowest BCUT2D eigenvalue weighted by Gasteiger charge is -2.09. The number of carbonyl (C=O) groups excluding carboxylic acids is 3. The van der Waals surface area contributed by atoms with Crippen LogP contribution in [0.5, 0.6) is 5.75 Å². The Hall–Kier alpha value is -3.44. The van der Waals surface area contributed by atoms with E-state index in [4.69, 9.17) is 4.74 Å². The molecule has 11 heteroatoms. The molecule has 31 heavy (non-hydrogen) atoms. The zero-order valence-electron chi connectivity index (χ0n) is 17.0. The number of rotatable bonds is 9. The van der Waals surface area contributed by atoms with Crippen LogP contribution in [0.15, 0.2) is 53.4 Å². The van der Waals surface area contributed by atoms with Gasteiger partial charge in [0.2, 0.25) is 15.9 Å². The first kappa shape index (κ1) is 23.8. The molecule has 3 N–H and O–H groups in total. The number of amides is 2. The molecule has 0 aromatic heterocycles. The minimum absolute atomic E-state index is 0.0222. The number of nitrogens with one attached hydrogen (secondary N) is 3. The van der Waals surface area contributed by atoms with Crippen molar-refractivity contribution in [1.82, 2.24) is 10.0 Å². The van der Waals surface area contributed by atoms with Gasteiger partial charge >= 0.3 is 6.16 Å². The van der Waals surface area contributed by atoms with Crippen molar-refractivity contribution >= 4 is 33.7 Å². The largest absolute Gasteiger partial charge is 0.513 e. The normalized spacial score (nSPS) is 10.8. The Labute approximate surface area is 180 Å². The Morgan fingerprint density at radius 3 is 2.16 bits per heavy atom. The second kappa shape index (κ2) is 11.1. The number of carbonyl (C=O) groups is 3. The third-order valence-corrected chi connectivity index (χ3v) is 5.24. The van der Waals surface area contributed by atoms with Crippen molar-refractivity contribution < 1.29 is 32.3 Å². The summed E-state index contributed by atoms with van der Waals surface area (Å²) in [4.78, 5) is 34.4. The maximum Gasteiger partial charge on any atom is 0.513 e. The van der Waals surface area contributed by atoms with Crippen LogP contribution in [0.25, 0.3) is 0 Å². The van der Waals surface area contributed by atoms with E-state index < -0.39 is 22.1 Å². The van der Waals surface area contributed by atoms with Gasteiger partial charge in [-0.2, -0.15) is 0 Å². The predicted molar refractivity (Wildman–Crippen MR) is 112 cm³/mol. The zero-order chi connectivity index (χ0) is 22.9. The lowest BCUT2D eigenvalue weighted by molar-refractivity contribution is -0.114. The molecule has 2 rings (SSSR count). The summed E-state index contributed by atoms with van der Waals surface area (Å²) < 4.78 is 36.5. The first-order chi connectivity index (χ1) is 14.7. The van der Waals surface area contributed by atoms with Crippen LogP contribution in [0.1, 0.15) is 24.2 Å². The Kier molecular flexibility index (Phi) is 8.53. The zero-order valence-corrected chi connectivity index (χ0v) is 17.8. The molecule has 0 spiro atoms. The van der Waals surface area contributed by atoms with E-state index in [1.807, 2.05) is 0 Å². The Balaban J connectivity index is 1.81. The lowest BCUT2D eigenvalue weighted by Crippen LogP contribution is -2.34. The highest BCUT2D eigenvalue weighted by molar-refractivity contribution is 7.89. The average Bonchev–Trinajstić information content (AvgIpc) is 2.72. The highest BCUT2D eigenvalue weighted by atomic mass is 32.2. The lowest BCUT2D eigenvalue weighted by atomic mass is 10.2. The Morgan fingerprint density at radius 1 is 0.935 bits per heavy atom. The molecule has 10 nitrogen and oxygen atoms in total. The van der Waals surface area contributed by atoms with E-state index >= 15 is 0 Å². The molecule has 0 heterocycles. The number of sulfonamides is 1. The van der Waals surface area contributed by atoms with Gasteiger partial charge in [0.25, 0.3) is 5.91 Å². The van der Waals surface area contributed by atoms with Crippen molar-refractivity contribution in [2.45, 2.75) is 18.7 Å². The molecule has 0 aliphatic carbocycles. The van der Waals surface area contributed by atoms with Gasteiger partial charge in [-0.3, -0.25) is 9.59 Å². The van der Waals surface area contributed by atoms with Crippen LogP contribution < -0.4 is 20.1 Å². The summed E-state index contributed by atoms with van der Waals surface area (Å²) in [6, 6.07) is 11.5. The number of hydrogen-bond acceptors (Lipinski definition) is 7. The number of ether oxygens (including phenoxy) is 2. The van der Waals surface area contributed by atoms with E-state index in [0.717, 1.165) is 0 Å². The summed E-state index contributed by atoms with van der Waals surface area (Å²) in [5, 5.41) is 5.14. The van der Waals surface area contributed by atoms with Gasteiger partial charge in [-0.25, -0.2) is 17.9 Å². The summed E-state index contributed by atoms with van der Waals surface area (Å²) in [6.07, 6.45) is -0.836. The molecular formula is C20H23N3O7S. The molecule has 2 aromatic carbocycles. The van der Waals surface area contributed by atoms with E-state index in [2.05, 4.69) is 20.1 Å². The van der Waals surface area contributed by atoms with Crippen molar-refractivity contribution in [2.75, 3.05) is 25.0 Å². The average molecular weight is 449 g/mol. The monoisotopic (exact) mass is 449 g/mol. The van der Waals surface area contributed by atoms with Gasteiger partial charge in [0, 0.05) is 31.3 Å². The predicted octanol–water partition coefficient (Wildman–Crippen LogP) is 1.89. The number of hydrogen-bond donors (Lipinski definition) is 3. The van der Waals surface area contributed by atoms with Crippen LogP contribution in [0.4, 0.5) is 10.5 Å². The molecule has 0 unspecified atom stereocenters. The van der Waals surface area contributed by atoms with Gasteiger partial charge in [-0.05, 0) is 55.5 Å². The highest BCUT2D eigenvalue weighted by Crippen LogP contribution is 2.14. The molecule has 2 aromatic rings. The maximum atomic E-state index is 12.3. The molecule has 0 radical (unpaired) electrons. The fourth-order valence-electron chi connectivity index (χ4n) is 2.39. The van der Waals surface area contributed by atoms with Crippen molar-refractivity contribution in [1.29, 1.82) is 0 Å². The molecule has 0 aliphatic rings. The number of anilines is 1. The van der Waals surface area contributed by atoms with Crippen molar-refractivity contribution in [3.8, 4) is 5.75 Å². The molecule has 0 atom stereocenters. The fourth-order valence-corrected chi connectivity index (χ4v) is 3.42. The summed E-state index contributed by atoms with van der Waals surface area (Å²) in [5.41, 5.74) is 0.796. The van der Waals surface area contributed by atoms with Crippen LogP contribution >= 0.6 is 0 Å². The van der Waals surface area contributed by atoms with E-state index in [1.165, 1.54) is 55.5 Å². The molecule has 0 saturated carbocycles. The van der Waals surface area contributed by atoms with Gasteiger partial charge in [-0.1, -0.05) is 0 Å². The fraction of sp³-hybridized carbons (Fsp3) is 0.250. The first-order valence-electron chi connectivity index (χ1n) is 9.31. The summed E-state index contributed by atoms with van der Waals surface area (Å²) in [7, 11) is -3.76. The van der Waals surface area contributed by atoms with Gasteiger partial charge in [-0.15, -0.1) is 0 Å². The van der Waals surface area contributed by atoms with E-state index in [-0.39, 0.29) is 36.2 Å². The molecule has 166 valence electrons. The molecule has 0 saturated heterocycles. The summed E-state index contributed by atoms with van der Waals surface area (Å²) >= 11 is 0. The third kappa shape index (κ3) is 7.72. The van der Waals surface area contributed by atoms with Crippen molar-refractivity contribution in [3.05, 3.63) is 54.1 Å². The van der Waals surface area contributed by atoms with E-state index in [1.54, 1.807) is 6.92 Å². The van der Waals surface area contributed by atoms with Gasteiger partial charge in [0.15, 0.2) is 0 Å². The Bertz CT molecular complexity index is 1020. The quantitative estimate of drug-likeness (QED) is 0.302. The van der Waals surface area contributed by atoms with Gasteiger partial charge < -0.3 is 20.1 Å². The van der Waals surface area contributed by atoms with Crippen LogP contribution in [0.3, 0.4) is 0 Å². The summed E-state index contributed by atoms with van der Waals surface area (Å²) in [5.74, 6) is -0.445. The SMILES string of the molecule is CCOC(=O)Oc1ccc(C(=O)NCCNS(=O)(=O)c2ccc(NC(C)=O)cc2)cc1. The minimum atomic E-state index is -3.76. The smallest absolute Gasteiger partial charge is 0.434 e. The van der Waals surface area contributed by atoms with Crippen LogP contribution in [-0.4, -0.2) is 46.1 Å². The van der Waals surface area contributed by atoms with E-state index in [0.29, 0.717) is 11.3 Å². The third-order valence-electron chi connectivity index (χ3n) is 3.77. The second-order valence-corrected chi connectivity index (χ2v) is 7.94. The van der Waals surface area contributed by atoms with Gasteiger partial charge in [0.1, 0.15) is 5.75 Å². The van der Waals surface area contributed by atoms with Crippen molar-refractivity contribution in [2.24, 2.45) is 0 Å². The highest BCUT2D eigenvalue weighted by Gasteiger charge is 2.14. The molecule has 0 aliphatic heterocycles. The van der Waals surface area contributed by atoms with E-state index in [9.17, 15) is 22.8 Å². The van der Waals surface area contributed by atoms with Gasteiger partial charge in [0.05, 0.1) is 11.5 Å².